The number of benzene rings is 2. The molecule has 0 aliphatic carbocycles. The van der Waals surface area contributed by atoms with Gasteiger partial charge >= 0.3 is 0 Å². The minimum atomic E-state index is -0.0645. The summed E-state index contributed by atoms with van der Waals surface area (Å²) in [7, 11) is 0. The van der Waals surface area contributed by atoms with Gasteiger partial charge in [0.15, 0.2) is 0 Å². The average molecular weight is 248 g/mol. The number of halogens is 1. The maximum absolute atomic E-state index is 5.91. The summed E-state index contributed by atoms with van der Waals surface area (Å²) in [5.41, 5.74) is 6.87. The summed E-state index contributed by atoms with van der Waals surface area (Å²) in [6.45, 7) is 1.93. The molecule has 0 spiro atoms. The number of rotatable bonds is 3. The van der Waals surface area contributed by atoms with Crippen molar-refractivity contribution in [3.8, 4) is 11.5 Å². The van der Waals surface area contributed by atoms with Crippen molar-refractivity contribution in [1.29, 1.82) is 0 Å². The second-order valence-corrected chi connectivity index (χ2v) is 4.32. The van der Waals surface area contributed by atoms with Crippen LogP contribution in [0.25, 0.3) is 0 Å². The lowest BCUT2D eigenvalue weighted by Gasteiger charge is -2.13. The van der Waals surface area contributed by atoms with Crippen molar-refractivity contribution < 1.29 is 4.74 Å². The van der Waals surface area contributed by atoms with Crippen molar-refractivity contribution in [1.82, 2.24) is 0 Å². The quantitative estimate of drug-likeness (QED) is 0.884. The summed E-state index contributed by atoms with van der Waals surface area (Å²) < 4.78 is 5.79. The highest BCUT2D eigenvalue weighted by atomic mass is 35.5. The molecule has 0 bridgehead atoms. The Kier molecular flexibility index (Phi) is 3.67. The predicted octanol–water partition coefficient (Wildman–Crippen LogP) is 4.15. The van der Waals surface area contributed by atoms with Crippen molar-refractivity contribution >= 4 is 11.6 Å². The molecule has 0 unspecified atom stereocenters. The van der Waals surface area contributed by atoms with Crippen LogP contribution in [0.2, 0.25) is 5.02 Å². The van der Waals surface area contributed by atoms with Gasteiger partial charge in [-0.25, -0.2) is 0 Å². The Bertz CT molecular complexity index is 511. The molecule has 2 aromatic carbocycles. The molecular formula is C14H14ClNO. The van der Waals surface area contributed by atoms with Crippen LogP contribution in [0.5, 0.6) is 11.5 Å². The summed E-state index contributed by atoms with van der Waals surface area (Å²) in [4.78, 5) is 0. The molecule has 0 saturated heterocycles. The normalized spacial score (nSPS) is 12.2. The van der Waals surface area contributed by atoms with Crippen molar-refractivity contribution in [2.24, 2.45) is 5.73 Å². The van der Waals surface area contributed by atoms with Crippen molar-refractivity contribution in [3.63, 3.8) is 0 Å². The van der Waals surface area contributed by atoms with Crippen LogP contribution >= 0.6 is 11.6 Å². The third kappa shape index (κ3) is 2.99. The van der Waals surface area contributed by atoms with E-state index < -0.39 is 0 Å². The highest BCUT2D eigenvalue weighted by Crippen LogP contribution is 2.29. The topological polar surface area (TPSA) is 35.2 Å². The molecule has 0 heterocycles. The van der Waals surface area contributed by atoms with Gasteiger partial charge in [0.05, 0.1) is 0 Å². The largest absolute Gasteiger partial charge is 0.457 e. The Hall–Kier alpha value is -1.51. The van der Waals surface area contributed by atoms with Crippen LogP contribution in [0.3, 0.4) is 0 Å². The first-order valence-electron chi connectivity index (χ1n) is 5.45. The predicted molar refractivity (Wildman–Crippen MR) is 70.6 cm³/mol. The van der Waals surface area contributed by atoms with Crippen LogP contribution in [0.15, 0.2) is 48.5 Å². The molecule has 2 nitrogen and oxygen atoms in total. The Morgan fingerprint density at radius 3 is 2.59 bits per heavy atom. The van der Waals surface area contributed by atoms with Crippen molar-refractivity contribution in [3.05, 3.63) is 59.1 Å². The maximum atomic E-state index is 5.91. The monoisotopic (exact) mass is 247 g/mol. The lowest BCUT2D eigenvalue weighted by atomic mass is 10.1. The van der Waals surface area contributed by atoms with Gasteiger partial charge in [0, 0.05) is 16.6 Å². The molecular weight excluding hydrogens is 234 g/mol. The van der Waals surface area contributed by atoms with Gasteiger partial charge < -0.3 is 10.5 Å². The first kappa shape index (κ1) is 12.0. The zero-order valence-electron chi connectivity index (χ0n) is 9.56. The Morgan fingerprint density at radius 2 is 1.88 bits per heavy atom. The molecule has 1 atom stereocenters. The number of hydrogen-bond acceptors (Lipinski definition) is 2. The van der Waals surface area contributed by atoms with Gasteiger partial charge in [0.25, 0.3) is 0 Å². The van der Waals surface area contributed by atoms with Crippen LogP contribution < -0.4 is 10.5 Å². The number of hydrogen-bond donors (Lipinski definition) is 1. The van der Waals surface area contributed by atoms with E-state index in [1.54, 1.807) is 6.07 Å². The zero-order valence-corrected chi connectivity index (χ0v) is 10.3. The van der Waals surface area contributed by atoms with Gasteiger partial charge in [-0.3, -0.25) is 0 Å². The second kappa shape index (κ2) is 5.21. The summed E-state index contributed by atoms with van der Waals surface area (Å²) in [6, 6.07) is 15.0. The summed E-state index contributed by atoms with van der Waals surface area (Å²) in [6.07, 6.45) is 0. The van der Waals surface area contributed by atoms with E-state index in [1.165, 1.54) is 0 Å². The van der Waals surface area contributed by atoms with E-state index in [-0.39, 0.29) is 6.04 Å². The van der Waals surface area contributed by atoms with Crippen molar-refractivity contribution in [2.75, 3.05) is 0 Å². The molecule has 0 saturated carbocycles. The molecule has 0 aromatic heterocycles. The highest BCUT2D eigenvalue weighted by Gasteiger charge is 2.07. The lowest BCUT2D eigenvalue weighted by Crippen LogP contribution is -2.06. The van der Waals surface area contributed by atoms with Crippen LogP contribution in [0.1, 0.15) is 18.5 Å². The van der Waals surface area contributed by atoms with Gasteiger partial charge in [-0.2, -0.15) is 0 Å². The maximum Gasteiger partial charge on any atom is 0.132 e. The van der Waals surface area contributed by atoms with E-state index in [1.807, 2.05) is 49.4 Å². The van der Waals surface area contributed by atoms with Gasteiger partial charge in [-0.05, 0) is 31.2 Å². The van der Waals surface area contributed by atoms with Crippen molar-refractivity contribution in [2.45, 2.75) is 13.0 Å². The summed E-state index contributed by atoms with van der Waals surface area (Å²) in [5.74, 6) is 1.48. The highest BCUT2D eigenvalue weighted by molar-refractivity contribution is 6.30. The minimum absolute atomic E-state index is 0.0645. The van der Waals surface area contributed by atoms with Crippen LogP contribution in [0, 0.1) is 0 Å². The van der Waals surface area contributed by atoms with E-state index in [0.717, 1.165) is 11.3 Å². The first-order valence-corrected chi connectivity index (χ1v) is 5.82. The van der Waals surface area contributed by atoms with E-state index in [4.69, 9.17) is 22.1 Å². The molecule has 0 aliphatic heterocycles. The molecule has 2 aromatic rings. The molecule has 0 aliphatic rings. The minimum Gasteiger partial charge on any atom is -0.457 e. The Labute approximate surface area is 106 Å². The molecule has 3 heteroatoms. The first-order chi connectivity index (χ1) is 8.16. The molecule has 2 N–H and O–H groups in total. The molecule has 0 amide bonds. The Morgan fingerprint density at radius 1 is 1.12 bits per heavy atom. The zero-order chi connectivity index (χ0) is 12.3. The van der Waals surface area contributed by atoms with Crippen LogP contribution in [-0.4, -0.2) is 0 Å². The number of ether oxygens (including phenoxy) is 1. The summed E-state index contributed by atoms with van der Waals surface area (Å²) in [5, 5.41) is 0.653. The molecule has 88 valence electrons. The number of nitrogens with two attached hydrogens (primary N) is 1. The van der Waals surface area contributed by atoms with Crippen LogP contribution in [-0.2, 0) is 0 Å². The smallest absolute Gasteiger partial charge is 0.132 e. The fraction of sp³-hybridized carbons (Fsp3) is 0.143. The van der Waals surface area contributed by atoms with E-state index in [2.05, 4.69) is 0 Å². The van der Waals surface area contributed by atoms with Gasteiger partial charge in [0.2, 0.25) is 0 Å². The van der Waals surface area contributed by atoms with E-state index in [0.29, 0.717) is 10.8 Å². The summed E-state index contributed by atoms with van der Waals surface area (Å²) >= 11 is 5.91. The molecule has 2 rings (SSSR count). The second-order valence-electron chi connectivity index (χ2n) is 3.89. The fourth-order valence-electron chi connectivity index (χ4n) is 1.61. The Balaban J connectivity index is 2.30. The molecule has 0 radical (unpaired) electrons. The van der Waals surface area contributed by atoms with Gasteiger partial charge in [-0.1, -0.05) is 35.9 Å². The van der Waals surface area contributed by atoms with Gasteiger partial charge in [-0.15, -0.1) is 0 Å². The van der Waals surface area contributed by atoms with Crippen LogP contribution in [0.4, 0.5) is 0 Å². The third-order valence-corrected chi connectivity index (χ3v) is 2.67. The van der Waals surface area contributed by atoms with E-state index in [9.17, 15) is 0 Å². The fourth-order valence-corrected chi connectivity index (χ4v) is 1.79. The third-order valence-electron chi connectivity index (χ3n) is 2.43. The lowest BCUT2D eigenvalue weighted by molar-refractivity contribution is 0.472. The standard InChI is InChI=1S/C14H14ClNO/c1-10(16)13-7-2-3-8-14(13)17-12-6-4-5-11(15)9-12/h2-10H,16H2,1H3/t10-/m1/s1. The SMILES string of the molecule is C[C@@H](N)c1ccccc1Oc1cccc(Cl)c1. The number of para-hydroxylation sites is 1. The molecule has 0 fully saturated rings. The van der Waals surface area contributed by atoms with Gasteiger partial charge in [0.1, 0.15) is 11.5 Å². The van der Waals surface area contributed by atoms with E-state index >= 15 is 0 Å². The average Bonchev–Trinajstić information content (AvgIpc) is 2.29. The molecule has 17 heavy (non-hydrogen) atoms.